The summed E-state index contributed by atoms with van der Waals surface area (Å²) in [7, 11) is 0. The molecule has 1 aromatic carbocycles. The zero-order chi connectivity index (χ0) is 14.9. The van der Waals surface area contributed by atoms with E-state index in [0.29, 0.717) is 4.47 Å². The van der Waals surface area contributed by atoms with E-state index < -0.39 is 16.4 Å². The van der Waals surface area contributed by atoms with E-state index in [1.807, 2.05) is 0 Å². The third kappa shape index (κ3) is 3.07. The third-order valence-corrected chi connectivity index (χ3v) is 3.71. The summed E-state index contributed by atoms with van der Waals surface area (Å²) in [6.07, 6.45) is 1.51. The summed E-state index contributed by atoms with van der Waals surface area (Å²) in [6.45, 7) is -0.222. The van der Waals surface area contributed by atoms with E-state index >= 15 is 0 Å². The Labute approximate surface area is 123 Å². The minimum Gasteiger partial charge on any atom is -0.491 e. The summed E-state index contributed by atoms with van der Waals surface area (Å²) >= 11 is 3.14. The fourth-order valence-electron chi connectivity index (χ4n) is 1.89. The van der Waals surface area contributed by atoms with Crippen LogP contribution >= 0.6 is 15.9 Å². The number of nitro benzene ring substituents is 1. The van der Waals surface area contributed by atoms with Gasteiger partial charge in [-0.2, -0.15) is 0 Å². The molecule has 8 heteroatoms. The Morgan fingerprint density at radius 1 is 1.55 bits per heavy atom. The molecule has 0 heterocycles. The van der Waals surface area contributed by atoms with Crippen LogP contribution in [0.5, 0.6) is 5.75 Å². The molecule has 0 aromatic heterocycles. The fraction of sp³-hybridized carbons (Fsp3) is 0.417. The molecule has 0 aliphatic heterocycles. The summed E-state index contributed by atoms with van der Waals surface area (Å²) in [5.41, 5.74) is 4.27. The molecule has 2 rings (SSSR count). The van der Waals surface area contributed by atoms with Crippen LogP contribution in [0.1, 0.15) is 12.8 Å². The highest BCUT2D eigenvalue weighted by Crippen LogP contribution is 2.39. The lowest BCUT2D eigenvalue weighted by Crippen LogP contribution is -2.54. The van der Waals surface area contributed by atoms with E-state index in [2.05, 4.69) is 15.9 Å². The van der Waals surface area contributed by atoms with Gasteiger partial charge >= 0.3 is 5.97 Å². The number of benzene rings is 1. The van der Waals surface area contributed by atoms with Crippen LogP contribution in [0.3, 0.4) is 0 Å². The minimum atomic E-state index is -1.45. The van der Waals surface area contributed by atoms with Gasteiger partial charge in [0.25, 0.3) is 5.69 Å². The highest BCUT2D eigenvalue weighted by atomic mass is 79.9. The van der Waals surface area contributed by atoms with Crippen molar-refractivity contribution in [3.05, 3.63) is 32.8 Å². The number of ether oxygens (including phenoxy) is 1. The van der Waals surface area contributed by atoms with Crippen LogP contribution in [-0.2, 0) is 4.79 Å². The Bertz CT molecular complexity index is 561. The third-order valence-electron chi connectivity index (χ3n) is 3.25. The molecule has 1 aromatic rings. The topological polar surface area (TPSA) is 116 Å². The number of aliphatic carboxylic acids is 1. The minimum absolute atomic E-state index is 0.109. The first-order chi connectivity index (χ1) is 9.33. The number of nitro groups is 1. The second kappa shape index (κ2) is 5.37. The van der Waals surface area contributed by atoms with Gasteiger partial charge in [-0.1, -0.05) is 15.9 Å². The predicted molar refractivity (Wildman–Crippen MR) is 73.6 cm³/mol. The van der Waals surface area contributed by atoms with Crippen molar-refractivity contribution in [1.29, 1.82) is 0 Å². The molecule has 0 radical (unpaired) electrons. The van der Waals surface area contributed by atoms with Crippen LogP contribution in [0.2, 0.25) is 0 Å². The Hall–Kier alpha value is -1.67. The molecule has 0 spiro atoms. The van der Waals surface area contributed by atoms with Crippen LogP contribution in [0.15, 0.2) is 22.7 Å². The molecule has 1 unspecified atom stereocenters. The average Bonchev–Trinajstić information content (AvgIpc) is 3.19. The van der Waals surface area contributed by atoms with Gasteiger partial charge in [0.05, 0.1) is 11.0 Å². The Morgan fingerprint density at radius 3 is 2.70 bits per heavy atom. The van der Waals surface area contributed by atoms with E-state index in [1.54, 1.807) is 0 Å². The first kappa shape index (κ1) is 14.7. The quantitative estimate of drug-likeness (QED) is 0.601. The van der Waals surface area contributed by atoms with Crippen molar-refractivity contribution in [3.8, 4) is 5.75 Å². The Morgan fingerprint density at radius 2 is 2.20 bits per heavy atom. The molecule has 1 aliphatic carbocycles. The normalized spacial score (nSPS) is 17.3. The average molecular weight is 345 g/mol. The van der Waals surface area contributed by atoms with Gasteiger partial charge in [-0.05, 0) is 24.8 Å². The van der Waals surface area contributed by atoms with Gasteiger partial charge in [0, 0.05) is 10.5 Å². The Balaban J connectivity index is 2.14. The summed E-state index contributed by atoms with van der Waals surface area (Å²) in [5, 5.41) is 19.9. The van der Waals surface area contributed by atoms with Crippen LogP contribution < -0.4 is 10.5 Å². The van der Waals surface area contributed by atoms with E-state index in [4.69, 9.17) is 10.5 Å². The molecule has 1 saturated carbocycles. The van der Waals surface area contributed by atoms with Crippen molar-refractivity contribution < 1.29 is 19.6 Å². The predicted octanol–water partition coefficient (Wildman–Crippen LogP) is 1.93. The largest absolute Gasteiger partial charge is 0.491 e. The second-order valence-corrected chi connectivity index (χ2v) is 5.73. The van der Waals surface area contributed by atoms with Crippen molar-refractivity contribution in [1.82, 2.24) is 0 Å². The van der Waals surface area contributed by atoms with Gasteiger partial charge in [-0.25, -0.2) is 0 Å². The van der Waals surface area contributed by atoms with E-state index in [0.717, 1.165) is 12.8 Å². The van der Waals surface area contributed by atoms with Crippen molar-refractivity contribution >= 4 is 27.6 Å². The molecule has 108 valence electrons. The lowest BCUT2D eigenvalue weighted by atomic mass is 9.96. The maximum Gasteiger partial charge on any atom is 0.327 e. The first-order valence-corrected chi connectivity index (χ1v) is 6.72. The zero-order valence-corrected chi connectivity index (χ0v) is 12.0. The van der Waals surface area contributed by atoms with Gasteiger partial charge in [-0.3, -0.25) is 14.9 Å². The smallest absolute Gasteiger partial charge is 0.327 e. The number of hydrogen-bond donors (Lipinski definition) is 2. The lowest BCUT2D eigenvalue weighted by Gasteiger charge is -2.24. The molecule has 0 saturated heterocycles. The molecule has 1 aliphatic rings. The zero-order valence-electron chi connectivity index (χ0n) is 10.4. The van der Waals surface area contributed by atoms with Gasteiger partial charge in [0.1, 0.15) is 12.4 Å². The van der Waals surface area contributed by atoms with Gasteiger partial charge < -0.3 is 15.6 Å². The number of carbonyl (C=O) groups is 1. The Kier molecular flexibility index (Phi) is 3.96. The van der Waals surface area contributed by atoms with E-state index in [-0.39, 0.29) is 24.0 Å². The van der Waals surface area contributed by atoms with Gasteiger partial charge in [0.2, 0.25) is 0 Å². The molecule has 1 atom stereocenters. The number of non-ortho nitro benzene ring substituents is 1. The molecule has 1 fully saturated rings. The number of carboxylic acid groups (broad SMARTS) is 1. The maximum absolute atomic E-state index is 11.2. The number of hydrogen-bond acceptors (Lipinski definition) is 5. The van der Waals surface area contributed by atoms with Crippen LogP contribution in [0, 0.1) is 16.0 Å². The van der Waals surface area contributed by atoms with Crippen LogP contribution in [0.4, 0.5) is 5.69 Å². The highest BCUT2D eigenvalue weighted by Gasteiger charge is 2.49. The van der Waals surface area contributed by atoms with E-state index in [1.165, 1.54) is 18.2 Å². The number of nitrogens with two attached hydrogens (primary N) is 1. The van der Waals surface area contributed by atoms with Crippen molar-refractivity contribution in [2.24, 2.45) is 11.7 Å². The molecule has 0 amide bonds. The molecule has 20 heavy (non-hydrogen) atoms. The molecular formula is C12H13BrN2O5. The fourth-order valence-corrected chi connectivity index (χ4v) is 2.35. The van der Waals surface area contributed by atoms with Gasteiger partial charge in [0.15, 0.2) is 5.54 Å². The number of halogens is 1. The molecule has 3 N–H and O–H groups in total. The standard InChI is InChI=1S/C12H13BrN2O5/c13-8-3-9(15(18)19)5-10(4-8)20-6-12(14,11(16)17)7-1-2-7/h3-5,7H,1-2,6,14H2,(H,16,17). The highest BCUT2D eigenvalue weighted by molar-refractivity contribution is 9.10. The van der Waals surface area contributed by atoms with Crippen molar-refractivity contribution in [3.63, 3.8) is 0 Å². The molecular weight excluding hydrogens is 332 g/mol. The second-order valence-electron chi connectivity index (χ2n) is 4.81. The van der Waals surface area contributed by atoms with E-state index in [9.17, 15) is 20.0 Å². The van der Waals surface area contributed by atoms with Gasteiger partial charge in [-0.15, -0.1) is 0 Å². The first-order valence-electron chi connectivity index (χ1n) is 5.93. The summed E-state index contributed by atoms with van der Waals surface area (Å²) in [6, 6.07) is 4.10. The summed E-state index contributed by atoms with van der Waals surface area (Å²) in [4.78, 5) is 21.4. The number of carboxylic acids is 1. The van der Waals surface area contributed by atoms with Crippen molar-refractivity contribution in [2.75, 3.05) is 6.61 Å². The molecule has 7 nitrogen and oxygen atoms in total. The lowest BCUT2D eigenvalue weighted by molar-refractivity contribution is -0.385. The summed E-state index contributed by atoms with van der Waals surface area (Å²) in [5.74, 6) is -1.02. The van der Waals surface area contributed by atoms with Crippen molar-refractivity contribution in [2.45, 2.75) is 18.4 Å². The SMILES string of the molecule is NC(COc1cc(Br)cc([N+](=O)[O-])c1)(C(=O)O)C1CC1. The maximum atomic E-state index is 11.2. The molecule has 0 bridgehead atoms. The van der Waals surface area contributed by atoms with Crippen LogP contribution in [0.25, 0.3) is 0 Å². The summed E-state index contributed by atoms with van der Waals surface area (Å²) < 4.78 is 5.84. The van der Waals surface area contributed by atoms with Crippen LogP contribution in [-0.4, -0.2) is 28.1 Å². The number of nitrogens with zero attached hydrogens (tertiary/aromatic N) is 1. The number of rotatable bonds is 6. The monoisotopic (exact) mass is 344 g/mol.